The number of hydrogen-bond donors (Lipinski definition) is 3. The van der Waals surface area contributed by atoms with Crippen LogP contribution in [0.4, 0.5) is 0 Å². The lowest BCUT2D eigenvalue weighted by Gasteiger charge is -2.46. The van der Waals surface area contributed by atoms with E-state index in [9.17, 15) is 14.7 Å². The van der Waals surface area contributed by atoms with Crippen molar-refractivity contribution >= 4 is 11.9 Å². The number of hydrogen-bond acceptors (Lipinski definition) is 3. The van der Waals surface area contributed by atoms with Crippen molar-refractivity contribution in [2.45, 2.75) is 65.0 Å². The minimum absolute atomic E-state index is 0.0875. The maximum Gasteiger partial charge on any atom is 0.307 e. The summed E-state index contributed by atoms with van der Waals surface area (Å²) in [7, 11) is 0. The van der Waals surface area contributed by atoms with Crippen molar-refractivity contribution in [1.29, 1.82) is 0 Å². The summed E-state index contributed by atoms with van der Waals surface area (Å²) in [5.41, 5.74) is -0.298. The van der Waals surface area contributed by atoms with Crippen LogP contribution in [-0.2, 0) is 9.59 Å². The Hall–Kier alpha value is -1.10. The zero-order valence-electron chi connectivity index (χ0n) is 13.3. The van der Waals surface area contributed by atoms with Crippen LogP contribution in [0.25, 0.3) is 0 Å². The number of amides is 1. The number of carboxylic acids is 1. The predicted octanol–water partition coefficient (Wildman–Crippen LogP) is 1.77. The van der Waals surface area contributed by atoms with Crippen LogP contribution in [0, 0.1) is 17.3 Å². The van der Waals surface area contributed by atoms with Crippen molar-refractivity contribution in [3.63, 3.8) is 0 Å². The molecule has 5 nitrogen and oxygen atoms in total. The molecule has 2 fully saturated rings. The van der Waals surface area contributed by atoms with E-state index in [-0.39, 0.29) is 29.2 Å². The first-order valence-corrected chi connectivity index (χ1v) is 8.08. The molecule has 3 N–H and O–H groups in total. The molecule has 0 aromatic carbocycles. The topological polar surface area (TPSA) is 78.4 Å². The Morgan fingerprint density at radius 3 is 2.57 bits per heavy atom. The van der Waals surface area contributed by atoms with Gasteiger partial charge in [0.1, 0.15) is 0 Å². The summed E-state index contributed by atoms with van der Waals surface area (Å²) < 4.78 is 0. The van der Waals surface area contributed by atoms with Gasteiger partial charge in [-0.25, -0.2) is 0 Å². The van der Waals surface area contributed by atoms with Crippen LogP contribution >= 0.6 is 0 Å². The number of carboxylic acid groups (broad SMARTS) is 1. The van der Waals surface area contributed by atoms with Gasteiger partial charge >= 0.3 is 5.97 Å². The van der Waals surface area contributed by atoms with Crippen LogP contribution in [0.3, 0.4) is 0 Å². The molecule has 120 valence electrons. The Morgan fingerprint density at radius 1 is 1.29 bits per heavy atom. The molecule has 4 atom stereocenters. The van der Waals surface area contributed by atoms with E-state index in [0.717, 1.165) is 25.8 Å². The summed E-state index contributed by atoms with van der Waals surface area (Å²) in [6.07, 6.45) is 4.14. The van der Waals surface area contributed by atoms with Crippen LogP contribution < -0.4 is 10.6 Å². The molecular weight excluding hydrogens is 268 g/mol. The maximum absolute atomic E-state index is 12.2. The molecular formula is C16H28N2O3. The summed E-state index contributed by atoms with van der Waals surface area (Å²) in [6.45, 7) is 7.08. The van der Waals surface area contributed by atoms with Gasteiger partial charge in [0.2, 0.25) is 5.91 Å². The maximum atomic E-state index is 12.2. The van der Waals surface area contributed by atoms with E-state index in [4.69, 9.17) is 0 Å². The summed E-state index contributed by atoms with van der Waals surface area (Å²) >= 11 is 0. The first-order chi connectivity index (χ1) is 9.82. The highest BCUT2D eigenvalue weighted by molar-refractivity contribution is 5.77. The van der Waals surface area contributed by atoms with E-state index in [1.807, 2.05) is 13.8 Å². The minimum atomic E-state index is -0.716. The standard InChI is InChI=1S/C16H28N2O3/c1-10-13(7-6-12(15(20)21)16(10,2)3)18-14(19)9-11-5-4-8-17-11/h10-13,17H,4-9H2,1-3H3,(H,18,19)(H,20,21). The highest BCUT2D eigenvalue weighted by Gasteiger charge is 2.46. The van der Waals surface area contributed by atoms with E-state index in [2.05, 4.69) is 17.6 Å². The molecule has 1 saturated heterocycles. The normalized spacial score (nSPS) is 35.4. The highest BCUT2D eigenvalue weighted by Crippen LogP contribution is 2.45. The summed E-state index contributed by atoms with van der Waals surface area (Å²) in [4.78, 5) is 23.6. The molecule has 2 rings (SSSR count). The van der Waals surface area contributed by atoms with E-state index in [1.165, 1.54) is 0 Å². The Bertz CT molecular complexity index is 402. The van der Waals surface area contributed by atoms with E-state index in [1.54, 1.807) is 0 Å². The molecule has 0 aromatic heterocycles. The van der Waals surface area contributed by atoms with Gasteiger partial charge in [-0.05, 0) is 43.6 Å². The SMILES string of the molecule is CC1C(NC(=O)CC2CCCN2)CCC(C(=O)O)C1(C)C. The van der Waals surface area contributed by atoms with Crippen molar-refractivity contribution in [2.24, 2.45) is 17.3 Å². The average molecular weight is 296 g/mol. The third kappa shape index (κ3) is 3.57. The van der Waals surface area contributed by atoms with E-state index < -0.39 is 5.97 Å². The van der Waals surface area contributed by atoms with Crippen LogP contribution in [-0.4, -0.2) is 35.6 Å². The van der Waals surface area contributed by atoms with Gasteiger partial charge in [0.05, 0.1) is 5.92 Å². The molecule has 0 aromatic rings. The fourth-order valence-electron chi connectivity index (χ4n) is 3.86. The largest absolute Gasteiger partial charge is 0.481 e. The van der Waals surface area contributed by atoms with Crippen molar-refractivity contribution in [3.05, 3.63) is 0 Å². The second-order valence-electron chi connectivity index (χ2n) is 7.25. The van der Waals surface area contributed by atoms with Crippen LogP contribution in [0.2, 0.25) is 0 Å². The number of aliphatic carboxylic acids is 1. The van der Waals surface area contributed by atoms with Crippen molar-refractivity contribution in [1.82, 2.24) is 10.6 Å². The molecule has 1 heterocycles. The monoisotopic (exact) mass is 296 g/mol. The van der Waals surface area contributed by atoms with Gasteiger partial charge in [0.15, 0.2) is 0 Å². The molecule has 1 aliphatic carbocycles. The van der Waals surface area contributed by atoms with E-state index in [0.29, 0.717) is 18.9 Å². The lowest BCUT2D eigenvalue weighted by molar-refractivity contribution is -0.150. The highest BCUT2D eigenvalue weighted by atomic mass is 16.4. The number of carbonyl (C=O) groups excluding carboxylic acids is 1. The first kappa shape index (κ1) is 16.3. The fourth-order valence-corrected chi connectivity index (χ4v) is 3.86. The first-order valence-electron chi connectivity index (χ1n) is 8.08. The van der Waals surface area contributed by atoms with Crippen molar-refractivity contribution in [2.75, 3.05) is 6.54 Å². The smallest absolute Gasteiger partial charge is 0.307 e. The molecule has 21 heavy (non-hydrogen) atoms. The Labute approximate surface area is 126 Å². The molecule has 0 radical (unpaired) electrons. The lowest BCUT2D eigenvalue weighted by Crippen LogP contribution is -2.52. The van der Waals surface area contributed by atoms with Crippen molar-refractivity contribution in [3.8, 4) is 0 Å². The summed E-state index contributed by atoms with van der Waals surface area (Å²) in [5.74, 6) is -0.785. The number of carbonyl (C=O) groups is 2. The van der Waals surface area contributed by atoms with Crippen molar-refractivity contribution < 1.29 is 14.7 Å². The minimum Gasteiger partial charge on any atom is -0.481 e. The average Bonchev–Trinajstić information content (AvgIpc) is 2.87. The van der Waals surface area contributed by atoms with Crippen LogP contribution in [0.15, 0.2) is 0 Å². The predicted molar refractivity (Wildman–Crippen MR) is 80.9 cm³/mol. The van der Waals surface area contributed by atoms with Gasteiger partial charge in [-0.15, -0.1) is 0 Å². The summed E-state index contributed by atoms with van der Waals surface area (Å²) in [5, 5.41) is 15.8. The second kappa shape index (κ2) is 6.34. The van der Waals surface area contributed by atoms with Gasteiger partial charge in [0.25, 0.3) is 0 Å². The molecule has 0 spiro atoms. The number of nitrogens with one attached hydrogen (secondary N) is 2. The van der Waals surface area contributed by atoms with Gasteiger partial charge < -0.3 is 15.7 Å². The van der Waals surface area contributed by atoms with Gasteiger partial charge in [-0.3, -0.25) is 9.59 Å². The molecule has 4 unspecified atom stereocenters. The molecule has 1 aliphatic heterocycles. The molecule has 5 heteroatoms. The molecule has 1 saturated carbocycles. The zero-order chi connectivity index (χ0) is 15.6. The van der Waals surface area contributed by atoms with Gasteiger partial charge in [0, 0.05) is 18.5 Å². The Morgan fingerprint density at radius 2 is 2.00 bits per heavy atom. The van der Waals surface area contributed by atoms with E-state index >= 15 is 0 Å². The second-order valence-corrected chi connectivity index (χ2v) is 7.25. The third-order valence-electron chi connectivity index (χ3n) is 5.68. The lowest BCUT2D eigenvalue weighted by atomic mass is 9.61. The quantitative estimate of drug-likeness (QED) is 0.739. The third-order valence-corrected chi connectivity index (χ3v) is 5.68. The Kier molecular flexibility index (Phi) is 4.91. The Balaban J connectivity index is 1.92. The number of rotatable bonds is 4. The van der Waals surface area contributed by atoms with Crippen LogP contribution in [0.5, 0.6) is 0 Å². The van der Waals surface area contributed by atoms with Crippen LogP contribution in [0.1, 0.15) is 52.9 Å². The molecule has 1 amide bonds. The zero-order valence-corrected chi connectivity index (χ0v) is 13.3. The summed E-state index contributed by atoms with van der Waals surface area (Å²) in [6, 6.07) is 0.396. The molecule has 0 bridgehead atoms. The van der Waals surface area contributed by atoms with Gasteiger partial charge in [-0.1, -0.05) is 20.8 Å². The fraction of sp³-hybridized carbons (Fsp3) is 0.875. The van der Waals surface area contributed by atoms with Gasteiger partial charge in [-0.2, -0.15) is 0 Å². The molecule has 2 aliphatic rings.